The summed E-state index contributed by atoms with van der Waals surface area (Å²) >= 11 is 0. The van der Waals surface area contributed by atoms with Crippen LogP contribution in [-0.2, 0) is 0 Å². The van der Waals surface area contributed by atoms with Crippen molar-refractivity contribution in [1.29, 1.82) is 5.41 Å². The summed E-state index contributed by atoms with van der Waals surface area (Å²) in [7, 11) is 0. The highest BCUT2D eigenvalue weighted by atomic mass is 16.5. The van der Waals surface area contributed by atoms with Crippen molar-refractivity contribution >= 4 is 5.84 Å². The number of unbranched alkanes of at least 4 members (excludes halogenated alkanes) is 2. The second-order valence-corrected chi connectivity index (χ2v) is 3.35. The maximum absolute atomic E-state index is 7.23. The van der Waals surface area contributed by atoms with E-state index in [0.717, 1.165) is 12.2 Å². The third-order valence-corrected chi connectivity index (χ3v) is 2.02. The van der Waals surface area contributed by atoms with Crippen molar-refractivity contribution in [3.63, 3.8) is 0 Å². The van der Waals surface area contributed by atoms with E-state index in [1.54, 1.807) is 18.3 Å². The lowest BCUT2D eigenvalue weighted by Gasteiger charge is -2.06. The third kappa shape index (κ3) is 3.97. The number of hydrogen-bond donors (Lipinski definition) is 2. The van der Waals surface area contributed by atoms with E-state index in [9.17, 15) is 0 Å². The summed E-state index contributed by atoms with van der Waals surface area (Å²) in [6.07, 6.45) is 5.00. The van der Waals surface area contributed by atoms with Gasteiger partial charge in [0.25, 0.3) is 0 Å². The average Bonchev–Trinajstić information content (AvgIpc) is 2.25. The van der Waals surface area contributed by atoms with Gasteiger partial charge in [-0.15, -0.1) is 0 Å². The zero-order valence-corrected chi connectivity index (χ0v) is 8.99. The fraction of sp³-hybridized carbons (Fsp3) is 0.455. The predicted molar refractivity (Wildman–Crippen MR) is 60.3 cm³/mol. The average molecular weight is 207 g/mol. The molecule has 1 heterocycles. The monoisotopic (exact) mass is 207 g/mol. The first-order chi connectivity index (χ1) is 7.24. The molecule has 0 fully saturated rings. The summed E-state index contributed by atoms with van der Waals surface area (Å²) in [6.45, 7) is 2.86. The molecule has 0 spiro atoms. The van der Waals surface area contributed by atoms with Crippen LogP contribution in [0.3, 0.4) is 0 Å². The maximum Gasteiger partial charge on any atom is 0.141 e. The number of nitrogens with zero attached hydrogens (tertiary/aromatic N) is 1. The Morgan fingerprint density at radius 3 is 3.00 bits per heavy atom. The number of aromatic nitrogens is 1. The normalized spacial score (nSPS) is 9.93. The van der Waals surface area contributed by atoms with Crippen molar-refractivity contribution in [1.82, 2.24) is 4.98 Å². The number of nitrogens with one attached hydrogen (secondary N) is 1. The molecule has 0 atom stereocenters. The van der Waals surface area contributed by atoms with Crippen molar-refractivity contribution in [2.75, 3.05) is 6.61 Å². The zero-order valence-electron chi connectivity index (χ0n) is 8.99. The van der Waals surface area contributed by atoms with Gasteiger partial charge in [0.05, 0.1) is 6.61 Å². The van der Waals surface area contributed by atoms with E-state index in [-0.39, 0.29) is 5.84 Å². The van der Waals surface area contributed by atoms with Gasteiger partial charge < -0.3 is 10.5 Å². The lowest BCUT2D eigenvalue weighted by Crippen LogP contribution is -2.13. The predicted octanol–water partition coefficient (Wildman–Crippen LogP) is 1.93. The van der Waals surface area contributed by atoms with E-state index < -0.39 is 0 Å². The van der Waals surface area contributed by atoms with Crippen LogP contribution in [-0.4, -0.2) is 17.4 Å². The molecule has 3 N–H and O–H groups in total. The molecule has 0 aliphatic rings. The number of rotatable bonds is 6. The van der Waals surface area contributed by atoms with Gasteiger partial charge in [0.2, 0.25) is 0 Å². The van der Waals surface area contributed by atoms with E-state index >= 15 is 0 Å². The first-order valence-corrected chi connectivity index (χ1v) is 5.17. The van der Waals surface area contributed by atoms with Crippen LogP contribution in [0.4, 0.5) is 0 Å². The minimum atomic E-state index is -0.0333. The highest BCUT2D eigenvalue weighted by Gasteiger charge is 2.00. The molecule has 82 valence electrons. The van der Waals surface area contributed by atoms with E-state index in [4.69, 9.17) is 15.9 Å². The lowest BCUT2D eigenvalue weighted by atomic mass is 10.3. The number of ether oxygens (including phenoxy) is 1. The summed E-state index contributed by atoms with van der Waals surface area (Å²) in [5.74, 6) is 0.695. The van der Waals surface area contributed by atoms with Gasteiger partial charge in [0.15, 0.2) is 0 Å². The molecule has 15 heavy (non-hydrogen) atoms. The van der Waals surface area contributed by atoms with Crippen LogP contribution in [0.2, 0.25) is 0 Å². The Morgan fingerprint density at radius 1 is 1.53 bits per heavy atom. The molecule has 0 radical (unpaired) electrons. The van der Waals surface area contributed by atoms with Crippen LogP contribution in [0.5, 0.6) is 5.75 Å². The van der Waals surface area contributed by atoms with Gasteiger partial charge in [-0.1, -0.05) is 19.8 Å². The largest absolute Gasteiger partial charge is 0.493 e. The summed E-state index contributed by atoms with van der Waals surface area (Å²) in [5.41, 5.74) is 5.79. The Hall–Kier alpha value is -1.58. The highest BCUT2D eigenvalue weighted by molar-refractivity contribution is 5.93. The third-order valence-electron chi connectivity index (χ3n) is 2.02. The first kappa shape index (κ1) is 11.5. The number of pyridine rings is 1. The quantitative estimate of drug-likeness (QED) is 0.425. The molecule has 0 aliphatic heterocycles. The van der Waals surface area contributed by atoms with Crippen molar-refractivity contribution in [2.45, 2.75) is 26.2 Å². The Bertz CT molecular complexity index is 325. The van der Waals surface area contributed by atoms with Crippen LogP contribution < -0.4 is 10.5 Å². The first-order valence-electron chi connectivity index (χ1n) is 5.17. The van der Waals surface area contributed by atoms with Crippen LogP contribution in [0.15, 0.2) is 18.3 Å². The fourth-order valence-corrected chi connectivity index (χ4v) is 1.19. The smallest absolute Gasteiger partial charge is 0.141 e. The van der Waals surface area contributed by atoms with Gasteiger partial charge in [-0.25, -0.2) is 0 Å². The molecule has 0 aliphatic carbocycles. The second-order valence-electron chi connectivity index (χ2n) is 3.35. The fourth-order valence-electron chi connectivity index (χ4n) is 1.19. The molecule has 1 rings (SSSR count). The van der Waals surface area contributed by atoms with Gasteiger partial charge in [-0.2, -0.15) is 0 Å². The number of nitrogens with two attached hydrogens (primary N) is 1. The Labute approximate surface area is 90.0 Å². The van der Waals surface area contributed by atoms with Crippen molar-refractivity contribution in [3.8, 4) is 5.75 Å². The topological polar surface area (TPSA) is 72.0 Å². The SMILES string of the molecule is CCCCCOc1ccnc(C(=N)N)c1. The second kappa shape index (κ2) is 6.01. The van der Waals surface area contributed by atoms with Crippen LogP contribution in [0.25, 0.3) is 0 Å². The molecular formula is C11H17N3O. The van der Waals surface area contributed by atoms with Gasteiger partial charge in [-0.3, -0.25) is 10.4 Å². The molecule has 0 unspecified atom stereocenters. The number of amidine groups is 1. The minimum Gasteiger partial charge on any atom is -0.493 e. The van der Waals surface area contributed by atoms with Crippen LogP contribution >= 0.6 is 0 Å². The summed E-state index contributed by atoms with van der Waals surface area (Å²) in [4.78, 5) is 3.95. The molecular weight excluding hydrogens is 190 g/mol. The van der Waals surface area contributed by atoms with Gasteiger partial charge >= 0.3 is 0 Å². The van der Waals surface area contributed by atoms with Gasteiger partial charge in [0, 0.05) is 12.3 Å². The molecule has 1 aromatic rings. The van der Waals surface area contributed by atoms with E-state index in [0.29, 0.717) is 12.3 Å². The molecule has 1 aromatic heterocycles. The molecule has 0 saturated heterocycles. The standard InChI is InChI=1S/C11H17N3O/c1-2-3-4-7-15-9-5-6-14-10(8-9)11(12)13/h5-6,8H,2-4,7H2,1H3,(H3,12,13). The molecule has 0 bridgehead atoms. The summed E-state index contributed by atoms with van der Waals surface area (Å²) in [6, 6.07) is 3.46. The van der Waals surface area contributed by atoms with Crippen molar-refractivity contribution in [2.24, 2.45) is 5.73 Å². The summed E-state index contributed by atoms with van der Waals surface area (Å²) in [5, 5.41) is 7.23. The van der Waals surface area contributed by atoms with Gasteiger partial charge in [0.1, 0.15) is 17.3 Å². The van der Waals surface area contributed by atoms with Crippen LogP contribution in [0, 0.1) is 5.41 Å². The number of nitrogen functional groups attached to an aromatic ring is 1. The summed E-state index contributed by atoms with van der Waals surface area (Å²) < 4.78 is 5.51. The van der Waals surface area contributed by atoms with Gasteiger partial charge in [-0.05, 0) is 12.5 Å². The van der Waals surface area contributed by atoms with E-state index in [1.807, 2.05) is 0 Å². The molecule has 4 nitrogen and oxygen atoms in total. The lowest BCUT2D eigenvalue weighted by molar-refractivity contribution is 0.306. The van der Waals surface area contributed by atoms with Crippen molar-refractivity contribution < 1.29 is 4.74 Å². The van der Waals surface area contributed by atoms with E-state index in [1.165, 1.54) is 12.8 Å². The molecule has 0 amide bonds. The minimum absolute atomic E-state index is 0.0333. The molecule has 4 heteroatoms. The number of hydrogen-bond acceptors (Lipinski definition) is 3. The maximum atomic E-state index is 7.23. The van der Waals surface area contributed by atoms with Crippen LogP contribution in [0.1, 0.15) is 31.9 Å². The zero-order chi connectivity index (χ0) is 11.1. The Kier molecular flexibility index (Phi) is 4.60. The van der Waals surface area contributed by atoms with Crippen molar-refractivity contribution in [3.05, 3.63) is 24.0 Å². The Balaban J connectivity index is 2.47. The molecule has 0 aromatic carbocycles. The molecule has 0 saturated carbocycles. The van der Waals surface area contributed by atoms with E-state index in [2.05, 4.69) is 11.9 Å². The highest BCUT2D eigenvalue weighted by Crippen LogP contribution is 2.11. The Morgan fingerprint density at radius 2 is 2.33 bits per heavy atom.